The molecule has 1 aliphatic rings. The second-order valence-corrected chi connectivity index (χ2v) is 6.99. The highest BCUT2D eigenvalue weighted by molar-refractivity contribution is 6.33. The van der Waals surface area contributed by atoms with Crippen LogP contribution < -0.4 is 10.6 Å². The van der Waals surface area contributed by atoms with Crippen molar-refractivity contribution >= 4 is 35.6 Å². The van der Waals surface area contributed by atoms with E-state index in [1.807, 2.05) is 7.05 Å². The van der Waals surface area contributed by atoms with Gasteiger partial charge in [0, 0.05) is 0 Å². The van der Waals surface area contributed by atoms with E-state index in [1.165, 1.54) is 17.4 Å². The molecule has 0 aliphatic carbocycles. The molecule has 0 atom stereocenters. The van der Waals surface area contributed by atoms with Crippen LogP contribution >= 0.6 is 24.0 Å². The van der Waals surface area contributed by atoms with Gasteiger partial charge in [-0.05, 0) is 80.5 Å². The van der Waals surface area contributed by atoms with Gasteiger partial charge in [0.05, 0.1) is 22.9 Å². The van der Waals surface area contributed by atoms with Crippen LogP contribution in [0.1, 0.15) is 19.3 Å². The third kappa shape index (κ3) is 6.14. The standard InChI is InChI=1S/C17H24ClN7O.ClH/c1-19-7-4-13-5-8-24(9-6-13)11-17(26)21-16-10-14(2-3-15(16)18)25-12-20-22-23-25;/h2-3,10,12-13,19H,4-9,11H2,1H3,(H,21,26);1H. The summed E-state index contributed by atoms with van der Waals surface area (Å²) in [5, 5.41) is 17.7. The molecule has 27 heavy (non-hydrogen) atoms. The molecule has 0 bridgehead atoms. The molecule has 3 rings (SSSR count). The fourth-order valence-electron chi connectivity index (χ4n) is 3.21. The van der Waals surface area contributed by atoms with E-state index >= 15 is 0 Å². The monoisotopic (exact) mass is 413 g/mol. The summed E-state index contributed by atoms with van der Waals surface area (Å²) in [4.78, 5) is 14.6. The van der Waals surface area contributed by atoms with E-state index in [0.717, 1.165) is 44.1 Å². The Morgan fingerprint density at radius 2 is 2.11 bits per heavy atom. The molecule has 1 saturated heterocycles. The number of piperidine rings is 1. The molecule has 1 amide bonds. The number of hydrogen-bond acceptors (Lipinski definition) is 6. The fourth-order valence-corrected chi connectivity index (χ4v) is 3.37. The normalized spacial score (nSPS) is 15.3. The zero-order valence-corrected chi connectivity index (χ0v) is 16.8. The Kier molecular flexibility index (Phi) is 8.43. The van der Waals surface area contributed by atoms with E-state index in [2.05, 4.69) is 31.1 Å². The van der Waals surface area contributed by atoms with Crippen molar-refractivity contribution in [3.8, 4) is 5.69 Å². The number of aromatic nitrogens is 4. The van der Waals surface area contributed by atoms with Gasteiger partial charge in [-0.15, -0.1) is 17.5 Å². The molecule has 0 radical (unpaired) electrons. The van der Waals surface area contributed by atoms with Gasteiger partial charge in [0.25, 0.3) is 0 Å². The van der Waals surface area contributed by atoms with Crippen molar-refractivity contribution in [3.05, 3.63) is 29.5 Å². The van der Waals surface area contributed by atoms with E-state index in [1.54, 1.807) is 18.2 Å². The van der Waals surface area contributed by atoms with Crippen LogP contribution in [0.2, 0.25) is 5.02 Å². The highest BCUT2D eigenvalue weighted by Gasteiger charge is 2.20. The predicted octanol–water partition coefficient (Wildman–Crippen LogP) is 2.00. The molecule has 2 heterocycles. The zero-order chi connectivity index (χ0) is 18.4. The van der Waals surface area contributed by atoms with Crippen LogP contribution in [0.3, 0.4) is 0 Å². The Morgan fingerprint density at radius 1 is 1.33 bits per heavy atom. The summed E-state index contributed by atoms with van der Waals surface area (Å²) in [6, 6.07) is 5.28. The first-order chi connectivity index (χ1) is 12.7. The summed E-state index contributed by atoms with van der Waals surface area (Å²) in [5.74, 6) is 0.693. The van der Waals surface area contributed by atoms with Crippen molar-refractivity contribution in [2.24, 2.45) is 5.92 Å². The van der Waals surface area contributed by atoms with E-state index in [4.69, 9.17) is 11.6 Å². The van der Waals surface area contributed by atoms with Crippen LogP contribution in [0.25, 0.3) is 5.69 Å². The van der Waals surface area contributed by atoms with E-state index in [-0.39, 0.29) is 18.3 Å². The van der Waals surface area contributed by atoms with Gasteiger partial charge in [-0.2, -0.15) is 0 Å². The molecule has 1 aliphatic heterocycles. The first-order valence-corrected chi connectivity index (χ1v) is 9.23. The van der Waals surface area contributed by atoms with Crippen LogP contribution in [0.15, 0.2) is 24.5 Å². The minimum atomic E-state index is -0.0607. The smallest absolute Gasteiger partial charge is 0.238 e. The van der Waals surface area contributed by atoms with Gasteiger partial charge in [0.2, 0.25) is 5.91 Å². The van der Waals surface area contributed by atoms with Gasteiger partial charge in [0.1, 0.15) is 6.33 Å². The summed E-state index contributed by atoms with van der Waals surface area (Å²) in [7, 11) is 1.99. The Hall–Kier alpha value is -1.74. The van der Waals surface area contributed by atoms with Gasteiger partial charge in [-0.1, -0.05) is 11.6 Å². The summed E-state index contributed by atoms with van der Waals surface area (Å²) >= 11 is 6.22. The third-order valence-corrected chi connectivity index (χ3v) is 5.04. The van der Waals surface area contributed by atoms with Crippen molar-refractivity contribution in [1.82, 2.24) is 30.4 Å². The average molecular weight is 414 g/mol. The molecule has 1 fully saturated rings. The van der Waals surface area contributed by atoms with Crippen molar-refractivity contribution in [2.45, 2.75) is 19.3 Å². The maximum Gasteiger partial charge on any atom is 0.238 e. The molecular weight excluding hydrogens is 389 g/mol. The number of hydrogen-bond donors (Lipinski definition) is 2. The highest BCUT2D eigenvalue weighted by Crippen LogP contribution is 2.25. The van der Waals surface area contributed by atoms with E-state index in [0.29, 0.717) is 17.3 Å². The minimum Gasteiger partial charge on any atom is -0.324 e. The number of amides is 1. The molecule has 1 aromatic carbocycles. The number of carbonyl (C=O) groups excluding carboxylic acids is 1. The van der Waals surface area contributed by atoms with Crippen molar-refractivity contribution in [3.63, 3.8) is 0 Å². The number of halogens is 2. The Balaban J connectivity index is 0.00000261. The molecule has 2 aromatic rings. The lowest BCUT2D eigenvalue weighted by molar-refractivity contribution is -0.117. The predicted molar refractivity (Wildman–Crippen MR) is 108 cm³/mol. The number of rotatable bonds is 7. The number of tetrazole rings is 1. The molecule has 0 unspecified atom stereocenters. The first kappa shape index (κ1) is 21.6. The Morgan fingerprint density at radius 3 is 2.78 bits per heavy atom. The van der Waals surface area contributed by atoms with E-state index < -0.39 is 0 Å². The van der Waals surface area contributed by atoms with Crippen molar-refractivity contribution in [2.75, 3.05) is 38.5 Å². The first-order valence-electron chi connectivity index (χ1n) is 8.85. The summed E-state index contributed by atoms with van der Waals surface area (Å²) in [5.41, 5.74) is 1.30. The molecule has 0 spiro atoms. The van der Waals surface area contributed by atoms with Gasteiger partial charge >= 0.3 is 0 Å². The van der Waals surface area contributed by atoms with Crippen LogP contribution in [0.4, 0.5) is 5.69 Å². The van der Waals surface area contributed by atoms with Gasteiger partial charge in [0.15, 0.2) is 0 Å². The van der Waals surface area contributed by atoms with Crippen LogP contribution in [0, 0.1) is 5.92 Å². The largest absolute Gasteiger partial charge is 0.324 e. The average Bonchev–Trinajstić information content (AvgIpc) is 3.17. The minimum absolute atomic E-state index is 0. The number of likely N-dealkylation sites (tertiary alicyclic amines) is 1. The number of anilines is 1. The van der Waals surface area contributed by atoms with Crippen LogP contribution in [-0.2, 0) is 4.79 Å². The highest BCUT2D eigenvalue weighted by atomic mass is 35.5. The maximum absolute atomic E-state index is 12.4. The van der Waals surface area contributed by atoms with Gasteiger partial charge in [-0.3, -0.25) is 9.69 Å². The lowest BCUT2D eigenvalue weighted by Gasteiger charge is -2.31. The number of benzene rings is 1. The summed E-state index contributed by atoms with van der Waals surface area (Å²) in [6.07, 6.45) is 4.98. The van der Waals surface area contributed by atoms with Crippen LogP contribution in [0.5, 0.6) is 0 Å². The molecule has 148 valence electrons. The summed E-state index contributed by atoms with van der Waals surface area (Å²) < 4.78 is 1.52. The number of carbonyl (C=O) groups is 1. The lowest BCUT2D eigenvalue weighted by atomic mass is 9.93. The molecule has 10 heteroatoms. The van der Waals surface area contributed by atoms with Gasteiger partial charge < -0.3 is 10.6 Å². The second kappa shape index (κ2) is 10.6. The van der Waals surface area contributed by atoms with Crippen molar-refractivity contribution in [1.29, 1.82) is 0 Å². The molecule has 2 N–H and O–H groups in total. The second-order valence-electron chi connectivity index (χ2n) is 6.58. The number of nitrogens with zero attached hydrogens (tertiary/aromatic N) is 5. The lowest BCUT2D eigenvalue weighted by Crippen LogP contribution is -2.39. The SMILES string of the molecule is CNCCC1CCN(CC(=O)Nc2cc(-n3cnnn3)ccc2Cl)CC1.Cl. The topological polar surface area (TPSA) is 88.0 Å². The van der Waals surface area contributed by atoms with E-state index in [9.17, 15) is 4.79 Å². The Labute approximate surface area is 170 Å². The van der Waals surface area contributed by atoms with Crippen molar-refractivity contribution < 1.29 is 4.79 Å². The maximum atomic E-state index is 12.4. The Bertz CT molecular complexity index is 718. The molecule has 1 aromatic heterocycles. The summed E-state index contributed by atoms with van der Waals surface area (Å²) in [6.45, 7) is 3.35. The molecule has 0 saturated carbocycles. The third-order valence-electron chi connectivity index (χ3n) is 4.71. The molecule has 8 nitrogen and oxygen atoms in total. The fraction of sp³-hybridized carbons (Fsp3) is 0.529. The zero-order valence-electron chi connectivity index (χ0n) is 15.3. The van der Waals surface area contributed by atoms with Crippen LogP contribution in [-0.4, -0.2) is 64.2 Å². The quantitative estimate of drug-likeness (QED) is 0.721. The van der Waals surface area contributed by atoms with Gasteiger partial charge in [-0.25, -0.2) is 4.68 Å². The molecular formula is C17H25Cl2N7O. The number of nitrogens with one attached hydrogen (secondary N) is 2.